The molecule has 0 N–H and O–H groups in total. The highest BCUT2D eigenvalue weighted by Gasteiger charge is 2.29. The number of hydrogen-bond donors (Lipinski definition) is 0. The monoisotopic (exact) mass is 337 g/mol. The molecule has 0 bridgehead atoms. The van der Waals surface area contributed by atoms with E-state index in [1.54, 1.807) is 21.8 Å². The van der Waals surface area contributed by atoms with Crippen LogP contribution in [0.25, 0.3) is 5.69 Å². The van der Waals surface area contributed by atoms with Crippen LogP contribution in [0.4, 0.5) is 0 Å². The predicted octanol–water partition coefficient (Wildman–Crippen LogP) is 2.58. The van der Waals surface area contributed by atoms with Crippen LogP contribution in [0.1, 0.15) is 40.7 Å². The minimum Gasteiger partial charge on any atom is -0.459 e. The summed E-state index contributed by atoms with van der Waals surface area (Å²) in [5.41, 5.74) is 2.03. The number of amides is 1. The lowest BCUT2D eigenvalue weighted by molar-refractivity contribution is 0.0672. The van der Waals surface area contributed by atoms with Gasteiger partial charge in [0.2, 0.25) is 0 Å². The first-order valence-electron chi connectivity index (χ1n) is 8.40. The molecule has 4 rings (SSSR count). The van der Waals surface area contributed by atoms with E-state index in [2.05, 4.69) is 15.4 Å². The van der Waals surface area contributed by atoms with Crippen LogP contribution in [0, 0.1) is 6.92 Å². The quantitative estimate of drug-likeness (QED) is 0.734. The van der Waals surface area contributed by atoms with Crippen molar-refractivity contribution >= 4 is 5.91 Å². The zero-order chi connectivity index (χ0) is 17.2. The molecule has 25 heavy (non-hydrogen) atoms. The highest BCUT2D eigenvalue weighted by atomic mass is 16.3. The van der Waals surface area contributed by atoms with Crippen molar-refractivity contribution in [3.05, 3.63) is 59.8 Å². The molecule has 0 saturated carbocycles. The van der Waals surface area contributed by atoms with Crippen LogP contribution in [0.15, 0.2) is 47.1 Å². The fourth-order valence-electron chi connectivity index (χ4n) is 3.18. The maximum Gasteiger partial charge on any atom is 0.289 e. The number of nitrogens with zero attached hydrogens (tertiary/aromatic N) is 5. The molecule has 1 fully saturated rings. The molecule has 1 aliphatic rings. The zero-order valence-electron chi connectivity index (χ0n) is 14.0. The predicted molar refractivity (Wildman–Crippen MR) is 90.5 cm³/mol. The maximum absolute atomic E-state index is 12.5. The van der Waals surface area contributed by atoms with Gasteiger partial charge in [0.1, 0.15) is 0 Å². The molecule has 3 heterocycles. The van der Waals surface area contributed by atoms with Crippen LogP contribution in [0.5, 0.6) is 0 Å². The van der Waals surface area contributed by atoms with Crippen molar-refractivity contribution in [1.82, 2.24) is 25.1 Å². The topological polar surface area (TPSA) is 77.0 Å². The Labute approximate surface area is 145 Å². The number of carbonyl (C=O) groups excluding carboxylic acids is 1. The summed E-state index contributed by atoms with van der Waals surface area (Å²) in [6.45, 7) is 3.34. The van der Waals surface area contributed by atoms with Crippen molar-refractivity contribution in [1.29, 1.82) is 0 Å². The number of furan rings is 1. The third-order valence-electron chi connectivity index (χ3n) is 4.47. The second-order valence-electron chi connectivity index (χ2n) is 6.34. The number of rotatable bonds is 3. The summed E-state index contributed by atoms with van der Waals surface area (Å²) in [5.74, 6) is 1.06. The minimum atomic E-state index is -0.0826. The molecule has 7 heteroatoms. The lowest BCUT2D eigenvalue weighted by Crippen LogP contribution is -2.39. The van der Waals surface area contributed by atoms with E-state index in [0.29, 0.717) is 18.1 Å². The molecular formula is C18H19N5O2. The second-order valence-corrected chi connectivity index (χ2v) is 6.34. The summed E-state index contributed by atoms with van der Waals surface area (Å²) < 4.78 is 5.22. The average molecular weight is 337 g/mol. The SMILES string of the molecule is Cc1cccc(-n2nnc(C3CCCN(C(=O)c4ccco4)C3)n2)c1. The average Bonchev–Trinajstić information content (AvgIpc) is 3.33. The van der Waals surface area contributed by atoms with Crippen molar-refractivity contribution in [3.8, 4) is 5.69 Å². The molecule has 1 unspecified atom stereocenters. The van der Waals surface area contributed by atoms with Gasteiger partial charge in [0.05, 0.1) is 12.0 Å². The number of aryl methyl sites for hydroxylation is 1. The van der Waals surface area contributed by atoms with Crippen LogP contribution in [0.2, 0.25) is 0 Å². The summed E-state index contributed by atoms with van der Waals surface area (Å²) in [4.78, 5) is 15.8. The van der Waals surface area contributed by atoms with Gasteiger partial charge in [-0.1, -0.05) is 12.1 Å². The highest BCUT2D eigenvalue weighted by molar-refractivity contribution is 5.91. The van der Waals surface area contributed by atoms with Crippen LogP contribution in [-0.4, -0.2) is 44.1 Å². The van der Waals surface area contributed by atoms with Gasteiger partial charge in [-0.05, 0) is 54.8 Å². The van der Waals surface area contributed by atoms with Gasteiger partial charge < -0.3 is 9.32 Å². The van der Waals surface area contributed by atoms with Gasteiger partial charge in [0, 0.05) is 19.0 Å². The Morgan fingerprint density at radius 2 is 2.20 bits per heavy atom. The Kier molecular flexibility index (Phi) is 4.05. The van der Waals surface area contributed by atoms with Gasteiger partial charge in [-0.15, -0.1) is 15.0 Å². The van der Waals surface area contributed by atoms with E-state index in [0.717, 1.165) is 30.6 Å². The van der Waals surface area contributed by atoms with Gasteiger partial charge in [-0.3, -0.25) is 4.79 Å². The summed E-state index contributed by atoms with van der Waals surface area (Å²) in [5, 5.41) is 12.9. The number of likely N-dealkylation sites (tertiary alicyclic amines) is 1. The standard InChI is InChI=1S/C18H19N5O2/c1-13-5-2-7-15(11-13)23-20-17(19-21-23)14-6-3-9-22(12-14)18(24)16-8-4-10-25-16/h2,4-5,7-8,10-11,14H,3,6,9,12H2,1H3. The summed E-state index contributed by atoms with van der Waals surface area (Å²) in [7, 11) is 0. The Morgan fingerprint density at radius 3 is 3.00 bits per heavy atom. The molecule has 0 spiro atoms. The van der Waals surface area contributed by atoms with E-state index in [4.69, 9.17) is 4.42 Å². The summed E-state index contributed by atoms with van der Waals surface area (Å²) in [6.07, 6.45) is 3.38. The second kappa shape index (κ2) is 6.51. The molecule has 0 aliphatic carbocycles. The molecule has 7 nitrogen and oxygen atoms in total. The fraction of sp³-hybridized carbons (Fsp3) is 0.333. The molecule has 1 aliphatic heterocycles. The fourth-order valence-corrected chi connectivity index (χ4v) is 3.18. The Morgan fingerprint density at radius 1 is 1.28 bits per heavy atom. The first-order chi connectivity index (χ1) is 12.2. The van der Waals surface area contributed by atoms with E-state index < -0.39 is 0 Å². The number of carbonyl (C=O) groups is 1. The van der Waals surface area contributed by atoms with Crippen molar-refractivity contribution < 1.29 is 9.21 Å². The van der Waals surface area contributed by atoms with E-state index in [-0.39, 0.29) is 11.8 Å². The van der Waals surface area contributed by atoms with E-state index in [1.165, 1.54) is 6.26 Å². The van der Waals surface area contributed by atoms with E-state index >= 15 is 0 Å². The maximum atomic E-state index is 12.5. The molecule has 1 amide bonds. The zero-order valence-corrected chi connectivity index (χ0v) is 14.0. The molecule has 128 valence electrons. The highest BCUT2D eigenvalue weighted by Crippen LogP contribution is 2.25. The van der Waals surface area contributed by atoms with Crippen molar-refractivity contribution in [2.24, 2.45) is 0 Å². The van der Waals surface area contributed by atoms with Crippen molar-refractivity contribution in [2.75, 3.05) is 13.1 Å². The molecule has 2 aromatic heterocycles. The number of aromatic nitrogens is 4. The summed E-state index contributed by atoms with van der Waals surface area (Å²) >= 11 is 0. The number of piperidine rings is 1. The third-order valence-corrected chi connectivity index (χ3v) is 4.47. The molecule has 0 radical (unpaired) electrons. The number of hydrogen-bond acceptors (Lipinski definition) is 5. The molecule has 1 saturated heterocycles. The van der Waals surface area contributed by atoms with Crippen molar-refractivity contribution in [3.63, 3.8) is 0 Å². The number of benzene rings is 1. The van der Waals surface area contributed by atoms with E-state index in [9.17, 15) is 4.79 Å². The van der Waals surface area contributed by atoms with Crippen molar-refractivity contribution in [2.45, 2.75) is 25.7 Å². The Balaban J connectivity index is 1.51. The van der Waals surface area contributed by atoms with E-state index in [1.807, 2.05) is 31.2 Å². The molecule has 1 atom stereocenters. The van der Waals surface area contributed by atoms with Crippen LogP contribution >= 0.6 is 0 Å². The Hall–Kier alpha value is -2.96. The third kappa shape index (κ3) is 3.17. The molecular weight excluding hydrogens is 318 g/mol. The lowest BCUT2D eigenvalue weighted by Gasteiger charge is -2.30. The molecule has 1 aromatic carbocycles. The molecule has 3 aromatic rings. The van der Waals surface area contributed by atoms with Gasteiger partial charge in [0.15, 0.2) is 11.6 Å². The number of tetrazole rings is 1. The summed E-state index contributed by atoms with van der Waals surface area (Å²) in [6, 6.07) is 11.4. The van der Waals surface area contributed by atoms with Crippen LogP contribution in [0.3, 0.4) is 0 Å². The smallest absolute Gasteiger partial charge is 0.289 e. The largest absolute Gasteiger partial charge is 0.459 e. The Bertz CT molecular complexity index is 871. The lowest BCUT2D eigenvalue weighted by atomic mass is 9.97. The van der Waals surface area contributed by atoms with Gasteiger partial charge in [-0.25, -0.2) is 0 Å². The minimum absolute atomic E-state index is 0.0826. The first kappa shape index (κ1) is 15.6. The normalized spacial score (nSPS) is 17.6. The van der Waals surface area contributed by atoms with Gasteiger partial charge in [0.25, 0.3) is 5.91 Å². The van der Waals surface area contributed by atoms with Gasteiger partial charge >= 0.3 is 0 Å². The van der Waals surface area contributed by atoms with Gasteiger partial charge in [-0.2, -0.15) is 0 Å². The van der Waals surface area contributed by atoms with Crippen LogP contribution < -0.4 is 0 Å². The van der Waals surface area contributed by atoms with Crippen LogP contribution in [-0.2, 0) is 0 Å². The first-order valence-corrected chi connectivity index (χ1v) is 8.40.